The van der Waals surface area contributed by atoms with Crippen molar-refractivity contribution in [2.45, 2.75) is 84.3 Å². The van der Waals surface area contributed by atoms with Crippen LogP contribution in [0.5, 0.6) is 0 Å². The number of aliphatic hydroxyl groups excluding tert-OH is 2. The largest absolute Gasteiger partial charge is 0.388 e. The summed E-state index contributed by atoms with van der Waals surface area (Å²) in [7, 11) is 0. The molecule has 140 valence electrons. The molecular weight excluding hydrogens is 308 g/mol. The molecule has 0 radical (unpaired) electrons. The minimum atomic E-state index is -0.591. The molecule has 25 heavy (non-hydrogen) atoms. The van der Waals surface area contributed by atoms with Gasteiger partial charge in [-0.2, -0.15) is 0 Å². The van der Waals surface area contributed by atoms with E-state index in [1.165, 1.54) is 38.5 Å². The Morgan fingerprint density at radius 1 is 1.20 bits per heavy atom. The number of aliphatic hydroxyl groups is 2. The molecule has 0 heterocycles. The number of hydrogen-bond acceptors (Lipinski definition) is 2. The molecule has 2 nitrogen and oxygen atoms in total. The highest BCUT2D eigenvalue weighted by atomic mass is 16.3. The minimum absolute atomic E-state index is 0.470. The molecule has 3 saturated carbocycles. The summed E-state index contributed by atoms with van der Waals surface area (Å²) in [5.41, 5.74) is 3.81. The summed E-state index contributed by atoms with van der Waals surface area (Å²) in [4.78, 5) is 0. The molecule has 0 saturated heterocycles. The van der Waals surface area contributed by atoms with E-state index in [1.807, 2.05) is 0 Å². The maximum atomic E-state index is 10.0. The van der Waals surface area contributed by atoms with Gasteiger partial charge in [-0.1, -0.05) is 57.1 Å². The lowest BCUT2D eigenvalue weighted by Gasteiger charge is -2.44. The Balaban J connectivity index is 1.78. The van der Waals surface area contributed by atoms with Crippen molar-refractivity contribution in [1.29, 1.82) is 0 Å². The number of fused-ring (bicyclic) bond motifs is 1. The molecule has 3 rings (SSSR count). The second kappa shape index (κ2) is 7.40. The molecule has 0 aromatic heterocycles. The molecule has 3 aliphatic carbocycles. The topological polar surface area (TPSA) is 40.5 Å². The van der Waals surface area contributed by atoms with Crippen LogP contribution < -0.4 is 0 Å². The zero-order chi connectivity index (χ0) is 18.2. The Kier molecular flexibility index (Phi) is 5.60. The van der Waals surface area contributed by atoms with Crippen LogP contribution >= 0.6 is 0 Å². The molecule has 1 unspecified atom stereocenters. The Morgan fingerprint density at radius 3 is 2.52 bits per heavy atom. The zero-order valence-corrected chi connectivity index (χ0v) is 16.3. The van der Waals surface area contributed by atoms with Gasteiger partial charge in [0.05, 0.1) is 12.2 Å². The van der Waals surface area contributed by atoms with Crippen LogP contribution in [-0.4, -0.2) is 22.4 Å². The Morgan fingerprint density at radius 2 is 1.88 bits per heavy atom. The molecule has 0 amide bonds. The second-order valence-electron chi connectivity index (χ2n) is 9.06. The smallest absolute Gasteiger partial charge is 0.0809 e. The highest BCUT2D eigenvalue weighted by Gasteiger charge is 2.50. The summed E-state index contributed by atoms with van der Waals surface area (Å²) in [6.07, 6.45) is 12.5. The minimum Gasteiger partial charge on any atom is -0.388 e. The average Bonchev–Trinajstić information content (AvgIpc) is 2.94. The highest BCUT2D eigenvalue weighted by Crippen LogP contribution is 2.59. The molecule has 2 heteroatoms. The first kappa shape index (κ1) is 18.9. The maximum absolute atomic E-state index is 10.0. The molecule has 0 aromatic carbocycles. The summed E-state index contributed by atoms with van der Waals surface area (Å²) in [5, 5.41) is 20.1. The van der Waals surface area contributed by atoms with Crippen molar-refractivity contribution in [1.82, 2.24) is 0 Å². The van der Waals surface area contributed by atoms with Gasteiger partial charge in [-0.15, -0.1) is 0 Å². The average molecular weight is 345 g/mol. The maximum Gasteiger partial charge on any atom is 0.0809 e. The van der Waals surface area contributed by atoms with Crippen molar-refractivity contribution in [2.75, 3.05) is 0 Å². The summed E-state index contributed by atoms with van der Waals surface area (Å²) < 4.78 is 0. The van der Waals surface area contributed by atoms with Crippen LogP contribution in [-0.2, 0) is 0 Å². The quantitative estimate of drug-likeness (QED) is 0.693. The fourth-order valence-electron chi connectivity index (χ4n) is 5.92. The highest BCUT2D eigenvalue weighted by molar-refractivity contribution is 5.29. The number of allylic oxidation sites excluding steroid dienone is 3. The molecule has 2 N–H and O–H groups in total. The van der Waals surface area contributed by atoms with Gasteiger partial charge in [0, 0.05) is 0 Å². The first-order valence-corrected chi connectivity index (χ1v) is 10.3. The van der Waals surface area contributed by atoms with Gasteiger partial charge in [0.2, 0.25) is 0 Å². The first-order valence-electron chi connectivity index (χ1n) is 10.3. The Hall–Kier alpha value is -0.860. The van der Waals surface area contributed by atoms with Crippen LogP contribution in [0.4, 0.5) is 0 Å². The van der Waals surface area contributed by atoms with E-state index in [0.29, 0.717) is 23.8 Å². The third-order valence-electron chi connectivity index (χ3n) is 7.67. The Bertz CT molecular complexity index is 557. The van der Waals surface area contributed by atoms with Crippen molar-refractivity contribution < 1.29 is 10.2 Å². The molecule has 3 fully saturated rings. The van der Waals surface area contributed by atoms with Gasteiger partial charge in [0.15, 0.2) is 0 Å². The van der Waals surface area contributed by atoms with E-state index in [1.54, 1.807) is 5.57 Å². The van der Waals surface area contributed by atoms with Gasteiger partial charge >= 0.3 is 0 Å². The van der Waals surface area contributed by atoms with E-state index in [-0.39, 0.29) is 0 Å². The van der Waals surface area contributed by atoms with E-state index in [2.05, 4.69) is 39.5 Å². The van der Waals surface area contributed by atoms with E-state index >= 15 is 0 Å². The lowest BCUT2D eigenvalue weighted by atomic mass is 9.61. The van der Waals surface area contributed by atoms with Crippen LogP contribution in [0.3, 0.4) is 0 Å². The zero-order valence-electron chi connectivity index (χ0n) is 16.3. The van der Waals surface area contributed by atoms with E-state index in [4.69, 9.17) is 0 Å². The van der Waals surface area contributed by atoms with Gasteiger partial charge < -0.3 is 10.2 Å². The van der Waals surface area contributed by atoms with Crippen LogP contribution in [0.15, 0.2) is 35.5 Å². The summed E-state index contributed by atoms with van der Waals surface area (Å²) in [6, 6.07) is 0. The lowest BCUT2D eigenvalue weighted by molar-refractivity contribution is 0.0961. The van der Waals surface area contributed by atoms with Crippen LogP contribution in [0.2, 0.25) is 0 Å². The van der Waals surface area contributed by atoms with Gasteiger partial charge in [0.25, 0.3) is 0 Å². The van der Waals surface area contributed by atoms with Crippen molar-refractivity contribution in [2.24, 2.45) is 23.2 Å². The second-order valence-corrected chi connectivity index (χ2v) is 9.06. The van der Waals surface area contributed by atoms with Crippen LogP contribution in [0.25, 0.3) is 0 Å². The van der Waals surface area contributed by atoms with Gasteiger partial charge in [-0.3, -0.25) is 0 Å². The molecular formula is C23H36O2. The molecule has 3 aliphatic rings. The fraction of sp³-hybridized carbons (Fsp3) is 0.739. The van der Waals surface area contributed by atoms with E-state index in [0.717, 1.165) is 23.3 Å². The van der Waals surface area contributed by atoms with Crippen molar-refractivity contribution in [3.8, 4) is 0 Å². The van der Waals surface area contributed by atoms with Gasteiger partial charge in [0.1, 0.15) is 0 Å². The third-order valence-corrected chi connectivity index (χ3v) is 7.67. The Labute approximate surface area is 153 Å². The summed E-state index contributed by atoms with van der Waals surface area (Å²) in [5.74, 6) is 2.41. The SMILES string of the molecule is C=C1[C@H](O)CC(=CC=C2CCC[C@@]3(C)C2CC[C@@H]3[C@@H](C)CC)C[C@H]1O. The predicted octanol–water partition coefficient (Wildman–Crippen LogP) is 5.17. The van der Waals surface area contributed by atoms with E-state index < -0.39 is 12.2 Å². The third kappa shape index (κ3) is 3.53. The lowest BCUT2D eigenvalue weighted by Crippen LogP contribution is -2.35. The van der Waals surface area contributed by atoms with Crippen molar-refractivity contribution >= 4 is 0 Å². The molecule has 0 spiro atoms. The molecule has 0 aliphatic heterocycles. The molecule has 0 aromatic rings. The fourth-order valence-corrected chi connectivity index (χ4v) is 5.92. The van der Waals surface area contributed by atoms with Gasteiger partial charge in [-0.25, -0.2) is 0 Å². The molecule has 6 atom stereocenters. The van der Waals surface area contributed by atoms with Crippen LogP contribution in [0.1, 0.15) is 72.1 Å². The molecule has 0 bridgehead atoms. The van der Waals surface area contributed by atoms with Gasteiger partial charge in [-0.05, 0) is 73.7 Å². The first-order chi connectivity index (χ1) is 11.9. The monoisotopic (exact) mass is 344 g/mol. The van der Waals surface area contributed by atoms with E-state index in [9.17, 15) is 10.2 Å². The summed E-state index contributed by atoms with van der Waals surface area (Å²) in [6.45, 7) is 11.1. The number of hydrogen-bond donors (Lipinski definition) is 2. The number of rotatable bonds is 3. The normalized spacial score (nSPS) is 41.7. The van der Waals surface area contributed by atoms with Crippen molar-refractivity contribution in [3.05, 3.63) is 35.5 Å². The van der Waals surface area contributed by atoms with Crippen LogP contribution in [0, 0.1) is 23.2 Å². The van der Waals surface area contributed by atoms with Crippen molar-refractivity contribution in [3.63, 3.8) is 0 Å². The summed E-state index contributed by atoms with van der Waals surface area (Å²) >= 11 is 0. The standard InChI is InChI=1S/C23H36O2/c1-5-15(2)19-10-11-20-18(7-6-12-23(19,20)4)9-8-17-13-21(24)16(3)22(25)14-17/h8-9,15,19-22,24-25H,3,5-7,10-14H2,1-2,4H3/t15-,19+,20?,21+,22+,23+/m0/s1. The predicted molar refractivity (Wildman–Crippen MR) is 104 cm³/mol.